The van der Waals surface area contributed by atoms with E-state index in [2.05, 4.69) is 24.3 Å². The molecule has 0 heterocycles. The summed E-state index contributed by atoms with van der Waals surface area (Å²) in [6.45, 7) is 1.65. The van der Waals surface area contributed by atoms with Crippen molar-refractivity contribution in [2.24, 2.45) is 0 Å². The Bertz CT molecular complexity index is 609. The first kappa shape index (κ1) is 12.8. The third-order valence-electron chi connectivity index (χ3n) is 2.68. The van der Waals surface area contributed by atoms with Crippen LogP contribution in [-0.2, 0) is 0 Å². The average molecular weight is 256 g/mol. The van der Waals surface area contributed by atoms with Crippen LogP contribution in [0.5, 0.6) is 0 Å². The summed E-state index contributed by atoms with van der Waals surface area (Å²) in [5, 5.41) is 17.2. The van der Waals surface area contributed by atoms with E-state index in [4.69, 9.17) is 10.2 Å². The van der Waals surface area contributed by atoms with Crippen molar-refractivity contribution in [2.45, 2.75) is 6.92 Å². The Morgan fingerprint density at radius 1 is 0.842 bits per heavy atom. The van der Waals surface area contributed by atoms with Crippen LogP contribution in [0.3, 0.4) is 0 Å². The normalized spacial score (nSPS) is 10.2. The van der Waals surface area contributed by atoms with Crippen LogP contribution in [0.25, 0.3) is 11.1 Å². The van der Waals surface area contributed by atoms with Gasteiger partial charge in [0, 0.05) is 0 Å². The fourth-order valence-corrected chi connectivity index (χ4v) is 1.71. The van der Waals surface area contributed by atoms with Gasteiger partial charge in [-0.2, -0.15) is 0 Å². The number of fused-ring (bicyclic) bond motifs is 1. The standard InChI is InChI=1S/C9H8O4.C6H4/c1-5-2-6(8(10)11)4-7(3-5)9(12)13;1-2-5-4-6(5)3-1/h2-4H,1H3,(H,10,11)(H,12,13);1-4H. The Labute approximate surface area is 109 Å². The maximum absolute atomic E-state index is 10.5. The molecular weight excluding hydrogens is 244 g/mol. The highest BCUT2D eigenvalue weighted by Crippen LogP contribution is 2.32. The topological polar surface area (TPSA) is 74.6 Å². The average Bonchev–Trinajstić information content (AvgIpc) is 2.96. The molecule has 0 radical (unpaired) electrons. The van der Waals surface area contributed by atoms with E-state index in [9.17, 15) is 9.59 Å². The molecule has 4 nitrogen and oxygen atoms in total. The van der Waals surface area contributed by atoms with Gasteiger partial charge in [0.15, 0.2) is 0 Å². The SMILES string of the molecule is Cc1cc(C(=O)O)cc(C(=O)O)c1.c1cc2cc-2c1. The molecule has 0 bridgehead atoms. The van der Waals surface area contributed by atoms with Gasteiger partial charge in [0.1, 0.15) is 0 Å². The van der Waals surface area contributed by atoms with Crippen molar-refractivity contribution in [1.82, 2.24) is 0 Å². The monoisotopic (exact) mass is 256 g/mol. The molecule has 0 aromatic heterocycles. The number of benzene rings is 2. The van der Waals surface area contributed by atoms with Crippen molar-refractivity contribution in [2.75, 3.05) is 0 Å². The summed E-state index contributed by atoms with van der Waals surface area (Å²) in [7, 11) is 0. The van der Waals surface area contributed by atoms with Gasteiger partial charge in [-0.05, 0) is 47.9 Å². The molecule has 0 saturated heterocycles. The Morgan fingerprint density at radius 2 is 1.32 bits per heavy atom. The fraction of sp³-hybridized carbons (Fsp3) is 0.0667. The highest BCUT2D eigenvalue weighted by molar-refractivity contribution is 5.94. The van der Waals surface area contributed by atoms with Crippen molar-refractivity contribution in [3.63, 3.8) is 0 Å². The smallest absolute Gasteiger partial charge is 0.335 e. The minimum atomic E-state index is -1.12. The van der Waals surface area contributed by atoms with E-state index in [1.807, 2.05) is 0 Å². The Balaban J connectivity index is 0.000000180. The number of carboxylic acid groups (broad SMARTS) is 2. The molecule has 96 valence electrons. The van der Waals surface area contributed by atoms with Gasteiger partial charge in [-0.15, -0.1) is 0 Å². The molecule has 0 saturated carbocycles. The van der Waals surface area contributed by atoms with Crippen LogP contribution in [0.2, 0.25) is 0 Å². The van der Waals surface area contributed by atoms with Crippen LogP contribution in [-0.4, -0.2) is 22.2 Å². The minimum Gasteiger partial charge on any atom is -0.478 e. The number of aromatic carboxylic acids is 2. The molecule has 0 aliphatic heterocycles. The zero-order chi connectivity index (χ0) is 14.0. The molecule has 2 N–H and O–H groups in total. The van der Waals surface area contributed by atoms with Crippen molar-refractivity contribution >= 4 is 11.9 Å². The van der Waals surface area contributed by atoms with Gasteiger partial charge in [0.25, 0.3) is 0 Å². The Morgan fingerprint density at radius 3 is 1.58 bits per heavy atom. The Hall–Kier alpha value is -2.62. The van der Waals surface area contributed by atoms with Gasteiger partial charge < -0.3 is 10.2 Å². The summed E-state index contributed by atoms with van der Waals surface area (Å²) in [4.78, 5) is 21.1. The number of carboxylic acids is 2. The first-order valence-corrected chi connectivity index (χ1v) is 5.66. The lowest BCUT2D eigenvalue weighted by molar-refractivity contribution is 0.0696. The summed E-state index contributed by atoms with van der Waals surface area (Å²) < 4.78 is 0. The van der Waals surface area contributed by atoms with Crippen LogP contribution in [0.4, 0.5) is 0 Å². The molecule has 2 aliphatic carbocycles. The second-order valence-electron chi connectivity index (χ2n) is 4.28. The highest BCUT2D eigenvalue weighted by atomic mass is 16.4. The molecule has 19 heavy (non-hydrogen) atoms. The molecule has 0 amide bonds. The maximum atomic E-state index is 10.5. The maximum Gasteiger partial charge on any atom is 0.335 e. The van der Waals surface area contributed by atoms with E-state index < -0.39 is 11.9 Å². The lowest BCUT2D eigenvalue weighted by Gasteiger charge is -1.99. The van der Waals surface area contributed by atoms with Crippen molar-refractivity contribution in [3.05, 3.63) is 59.2 Å². The van der Waals surface area contributed by atoms with Crippen LogP contribution >= 0.6 is 0 Å². The van der Waals surface area contributed by atoms with Crippen LogP contribution < -0.4 is 0 Å². The fourth-order valence-electron chi connectivity index (χ4n) is 1.71. The predicted octanol–water partition coefficient (Wildman–Crippen LogP) is 3.06. The molecule has 2 aliphatic rings. The molecule has 4 heteroatoms. The summed E-state index contributed by atoms with van der Waals surface area (Å²) in [6.07, 6.45) is 0. The minimum absolute atomic E-state index is 0.00241. The van der Waals surface area contributed by atoms with E-state index in [1.165, 1.54) is 23.3 Å². The number of carbonyl (C=O) groups is 2. The third-order valence-corrected chi connectivity index (χ3v) is 2.68. The molecule has 0 atom stereocenters. The van der Waals surface area contributed by atoms with Crippen LogP contribution in [0.15, 0.2) is 42.5 Å². The second-order valence-corrected chi connectivity index (χ2v) is 4.28. The van der Waals surface area contributed by atoms with Gasteiger partial charge in [0.05, 0.1) is 11.1 Å². The van der Waals surface area contributed by atoms with Crippen molar-refractivity contribution in [3.8, 4) is 11.1 Å². The van der Waals surface area contributed by atoms with Gasteiger partial charge in [0.2, 0.25) is 0 Å². The molecule has 0 unspecified atom stereocenters. The first-order valence-electron chi connectivity index (χ1n) is 5.66. The van der Waals surface area contributed by atoms with Crippen LogP contribution in [0, 0.1) is 6.92 Å². The second kappa shape index (κ2) is 4.94. The van der Waals surface area contributed by atoms with Crippen LogP contribution in [0.1, 0.15) is 26.3 Å². The van der Waals surface area contributed by atoms with E-state index in [1.54, 1.807) is 6.92 Å². The molecule has 0 fully saturated rings. The molecule has 0 spiro atoms. The lowest BCUT2D eigenvalue weighted by Crippen LogP contribution is -2.02. The Kier molecular flexibility index (Phi) is 3.33. The van der Waals surface area contributed by atoms with Gasteiger partial charge in [-0.25, -0.2) is 9.59 Å². The molecule has 1 aromatic rings. The summed E-state index contributed by atoms with van der Waals surface area (Å²) in [6, 6.07) is 12.5. The number of hydrogen-bond acceptors (Lipinski definition) is 2. The highest BCUT2D eigenvalue weighted by Gasteiger charge is 2.09. The molecule has 1 aromatic carbocycles. The number of aryl methyl sites for hydroxylation is 1. The zero-order valence-corrected chi connectivity index (χ0v) is 10.3. The zero-order valence-electron chi connectivity index (χ0n) is 10.3. The largest absolute Gasteiger partial charge is 0.478 e. The quantitative estimate of drug-likeness (QED) is 0.739. The summed E-state index contributed by atoms with van der Waals surface area (Å²) in [5.41, 5.74) is 3.47. The number of rotatable bonds is 2. The summed E-state index contributed by atoms with van der Waals surface area (Å²) >= 11 is 0. The van der Waals surface area contributed by atoms with Gasteiger partial charge in [-0.1, -0.05) is 18.2 Å². The van der Waals surface area contributed by atoms with E-state index in [-0.39, 0.29) is 11.1 Å². The van der Waals surface area contributed by atoms with E-state index in [0.717, 1.165) is 6.07 Å². The number of hydrogen-bond donors (Lipinski definition) is 2. The van der Waals surface area contributed by atoms with E-state index >= 15 is 0 Å². The summed E-state index contributed by atoms with van der Waals surface area (Å²) in [5.74, 6) is -2.24. The third kappa shape index (κ3) is 3.19. The lowest BCUT2D eigenvalue weighted by atomic mass is 10.1. The molecular formula is C15H12O4. The molecule has 3 rings (SSSR count). The van der Waals surface area contributed by atoms with Crippen molar-refractivity contribution in [1.29, 1.82) is 0 Å². The predicted molar refractivity (Wildman–Crippen MR) is 70.5 cm³/mol. The first-order chi connectivity index (χ1) is 8.97. The van der Waals surface area contributed by atoms with Gasteiger partial charge >= 0.3 is 11.9 Å². The van der Waals surface area contributed by atoms with Crippen molar-refractivity contribution < 1.29 is 19.8 Å². The van der Waals surface area contributed by atoms with Gasteiger partial charge in [-0.3, -0.25) is 0 Å². The van der Waals surface area contributed by atoms with E-state index in [0.29, 0.717) is 5.56 Å².